The molecule has 0 saturated carbocycles. The van der Waals surface area contributed by atoms with Gasteiger partial charge in [0.1, 0.15) is 5.75 Å². The van der Waals surface area contributed by atoms with Crippen molar-refractivity contribution in [3.8, 4) is 50.3 Å². The smallest absolute Gasteiger partial charge is 0.119 e. The number of ether oxygens (including phenoxy) is 1. The summed E-state index contributed by atoms with van der Waals surface area (Å²) < 4.78 is 5.89. The van der Waals surface area contributed by atoms with Crippen molar-refractivity contribution in [2.45, 2.75) is 65.7 Å². The number of hydrogen-bond acceptors (Lipinski definition) is 1. The molecule has 0 N–H and O–H groups in total. The molecule has 1 heteroatoms. The first-order valence-electron chi connectivity index (χ1n) is 19.5. The minimum atomic E-state index is -0.130. The lowest BCUT2D eigenvalue weighted by molar-refractivity contribution is 0.339. The van der Waals surface area contributed by atoms with Gasteiger partial charge in [-0.2, -0.15) is 0 Å². The Labute approximate surface area is 313 Å². The SMILES string of the molecule is CCOc1ccc2c(c1)C(C)(C)c1cc(-c3ccc4c(c3)C(C)(C)c3cc(-c5ccc6ccc7cc(CC(C)C)cc8ccc5c6c78)ccc3-4)ccc1-2. The molecule has 0 fully saturated rings. The summed E-state index contributed by atoms with van der Waals surface area (Å²) in [4.78, 5) is 0. The summed E-state index contributed by atoms with van der Waals surface area (Å²) in [5, 5.41) is 8.13. The Kier molecular flexibility index (Phi) is 6.88. The van der Waals surface area contributed by atoms with E-state index in [1.807, 2.05) is 6.92 Å². The maximum absolute atomic E-state index is 5.89. The summed E-state index contributed by atoms with van der Waals surface area (Å²) in [5.41, 5.74) is 17.2. The molecule has 0 aliphatic heterocycles. The molecule has 10 rings (SSSR count). The molecule has 0 atom stereocenters. The molecule has 0 aromatic heterocycles. The minimum Gasteiger partial charge on any atom is -0.494 e. The number of benzene rings is 8. The highest BCUT2D eigenvalue weighted by molar-refractivity contribution is 6.25. The molecule has 2 aliphatic rings. The molecular formula is C52H46O. The highest BCUT2D eigenvalue weighted by Crippen LogP contribution is 2.53. The van der Waals surface area contributed by atoms with E-state index >= 15 is 0 Å². The fourth-order valence-electron chi connectivity index (χ4n) is 9.96. The van der Waals surface area contributed by atoms with Gasteiger partial charge < -0.3 is 4.74 Å². The lowest BCUT2D eigenvalue weighted by Crippen LogP contribution is -2.15. The average molecular weight is 687 g/mol. The average Bonchev–Trinajstić information content (AvgIpc) is 3.51. The van der Waals surface area contributed by atoms with E-state index in [-0.39, 0.29) is 10.8 Å². The third-order valence-electron chi connectivity index (χ3n) is 12.6. The first kappa shape index (κ1) is 32.3. The van der Waals surface area contributed by atoms with Gasteiger partial charge in [-0.1, -0.05) is 133 Å². The molecule has 0 saturated heterocycles. The Morgan fingerprint density at radius 2 is 0.943 bits per heavy atom. The van der Waals surface area contributed by atoms with E-state index in [9.17, 15) is 0 Å². The molecule has 0 amide bonds. The van der Waals surface area contributed by atoms with Crippen LogP contribution in [0.5, 0.6) is 5.75 Å². The molecule has 0 spiro atoms. The molecular weight excluding hydrogens is 641 g/mol. The van der Waals surface area contributed by atoms with Gasteiger partial charge in [0.05, 0.1) is 6.61 Å². The van der Waals surface area contributed by atoms with Crippen LogP contribution in [0.15, 0.2) is 121 Å². The molecule has 0 radical (unpaired) electrons. The fraction of sp³-hybridized carbons (Fsp3) is 0.231. The highest BCUT2D eigenvalue weighted by Gasteiger charge is 2.38. The van der Waals surface area contributed by atoms with Crippen molar-refractivity contribution in [2.75, 3.05) is 6.61 Å². The predicted molar refractivity (Wildman–Crippen MR) is 226 cm³/mol. The van der Waals surface area contributed by atoms with Crippen LogP contribution in [0.4, 0.5) is 0 Å². The minimum absolute atomic E-state index is 0.0989. The van der Waals surface area contributed by atoms with Gasteiger partial charge in [-0.3, -0.25) is 0 Å². The summed E-state index contributed by atoms with van der Waals surface area (Å²) in [6.45, 7) is 16.8. The lowest BCUT2D eigenvalue weighted by Gasteiger charge is -2.24. The van der Waals surface area contributed by atoms with Crippen molar-refractivity contribution in [3.05, 3.63) is 149 Å². The van der Waals surface area contributed by atoms with E-state index in [4.69, 9.17) is 4.74 Å². The van der Waals surface area contributed by atoms with Crippen molar-refractivity contribution in [2.24, 2.45) is 5.92 Å². The number of fused-ring (bicyclic) bond motifs is 6. The second kappa shape index (κ2) is 11.3. The highest BCUT2D eigenvalue weighted by atomic mass is 16.5. The van der Waals surface area contributed by atoms with Crippen molar-refractivity contribution >= 4 is 32.3 Å². The van der Waals surface area contributed by atoms with E-state index in [0.29, 0.717) is 12.5 Å². The van der Waals surface area contributed by atoms with Crippen molar-refractivity contribution in [1.29, 1.82) is 0 Å². The molecule has 53 heavy (non-hydrogen) atoms. The maximum atomic E-state index is 5.89. The van der Waals surface area contributed by atoms with Gasteiger partial charge in [0, 0.05) is 10.8 Å². The third kappa shape index (κ3) is 4.69. The maximum Gasteiger partial charge on any atom is 0.119 e. The quantitative estimate of drug-likeness (QED) is 0.158. The van der Waals surface area contributed by atoms with Gasteiger partial charge in [-0.15, -0.1) is 0 Å². The summed E-state index contributed by atoms with van der Waals surface area (Å²) >= 11 is 0. The molecule has 8 aromatic carbocycles. The van der Waals surface area contributed by atoms with Crippen LogP contribution < -0.4 is 4.74 Å². The molecule has 260 valence electrons. The molecule has 0 unspecified atom stereocenters. The Bertz CT molecular complexity index is 2770. The summed E-state index contributed by atoms with van der Waals surface area (Å²) in [6, 6.07) is 46.9. The standard InChI is InChI=1S/C52H46O/c1-8-53-38-16-22-43-41-19-13-34(27-46(41)52(6,7)48(43)29-38)33-12-18-40-42-20-14-35(28-47(42)51(4,5)45(40)26-33)39-17-11-32-9-10-36-24-31(23-30(2)3)25-37-15-21-44(39)50(32)49(36)37/h9-22,24-30H,8,23H2,1-7H3. The van der Waals surface area contributed by atoms with Gasteiger partial charge in [0.2, 0.25) is 0 Å². The van der Waals surface area contributed by atoms with Crippen LogP contribution in [0.25, 0.3) is 76.8 Å². The van der Waals surface area contributed by atoms with Crippen LogP contribution in [0.3, 0.4) is 0 Å². The van der Waals surface area contributed by atoms with E-state index in [1.54, 1.807) is 0 Å². The zero-order chi connectivity index (χ0) is 36.4. The fourth-order valence-corrected chi connectivity index (χ4v) is 9.96. The Morgan fingerprint density at radius 3 is 1.53 bits per heavy atom. The van der Waals surface area contributed by atoms with Crippen molar-refractivity contribution in [3.63, 3.8) is 0 Å². The Hall–Kier alpha value is -5.40. The molecule has 1 nitrogen and oxygen atoms in total. The topological polar surface area (TPSA) is 9.23 Å². The summed E-state index contributed by atoms with van der Waals surface area (Å²) in [7, 11) is 0. The Balaban J connectivity index is 1.03. The monoisotopic (exact) mass is 686 g/mol. The van der Waals surface area contributed by atoms with E-state index in [2.05, 4.69) is 163 Å². The van der Waals surface area contributed by atoms with Crippen LogP contribution in [0, 0.1) is 5.92 Å². The summed E-state index contributed by atoms with van der Waals surface area (Å²) in [6.07, 6.45) is 1.10. The zero-order valence-corrected chi connectivity index (χ0v) is 31.9. The largest absolute Gasteiger partial charge is 0.494 e. The first-order valence-corrected chi connectivity index (χ1v) is 19.5. The zero-order valence-electron chi connectivity index (χ0n) is 31.9. The predicted octanol–water partition coefficient (Wildman–Crippen LogP) is 14.1. The van der Waals surface area contributed by atoms with Crippen LogP contribution in [0.1, 0.15) is 76.3 Å². The van der Waals surface area contributed by atoms with Crippen molar-refractivity contribution < 1.29 is 4.74 Å². The second-order valence-corrected chi connectivity index (χ2v) is 17.1. The van der Waals surface area contributed by atoms with Gasteiger partial charge in [0.25, 0.3) is 0 Å². The number of rotatable bonds is 6. The third-order valence-corrected chi connectivity index (χ3v) is 12.6. The molecule has 0 heterocycles. The van der Waals surface area contributed by atoms with E-state index in [0.717, 1.165) is 12.2 Å². The van der Waals surface area contributed by atoms with Gasteiger partial charge in [-0.05, 0) is 154 Å². The number of hydrogen-bond donors (Lipinski definition) is 0. The first-order chi connectivity index (χ1) is 25.5. The van der Waals surface area contributed by atoms with Crippen LogP contribution in [-0.4, -0.2) is 6.61 Å². The van der Waals surface area contributed by atoms with Crippen LogP contribution in [-0.2, 0) is 17.3 Å². The van der Waals surface area contributed by atoms with Crippen LogP contribution >= 0.6 is 0 Å². The van der Waals surface area contributed by atoms with Crippen molar-refractivity contribution in [1.82, 2.24) is 0 Å². The molecule has 8 aromatic rings. The van der Waals surface area contributed by atoms with Crippen LogP contribution in [0.2, 0.25) is 0 Å². The van der Waals surface area contributed by atoms with Gasteiger partial charge in [0.15, 0.2) is 0 Å². The second-order valence-electron chi connectivity index (χ2n) is 17.1. The van der Waals surface area contributed by atoms with E-state index in [1.165, 1.54) is 105 Å². The molecule has 0 bridgehead atoms. The normalized spacial score (nSPS) is 14.9. The summed E-state index contributed by atoms with van der Waals surface area (Å²) in [5.74, 6) is 1.59. The van der Waals surface area contributed by atoms with Gasteiger partial charge >= 0.3 is 0 Å². The lowest BCUT2D eigenvalue weighted by atomic mass is 9.79. The molecule has 2 aliphatic carbocycles. The Morgan fingerprint density at radius 1 is 0.472 bits per heavy atom. The van der Waals surface area contributed by atoms with Gasteiger partial charge in [-0.25, -0.2) is 0 Å². The van der Waals surface area contributed by atoms with E-state index < -0.39 is 0 Å².